The van der Waals surface area contributed by atoms with Gasteiger partial charge in [0.2, 0.25) is 11.8 Å². The van der Waals surface area contributed by atoms with Crippen molar-refractivity contribution in [1.82, 2.24) is 58.4 Å². The van der Waals surface area contributed by atoms with Gasteiger partial charge in [-0.05, 0) is 12.8 Å². The Balaban J connectivity index is 0.000000226. The normalized spacial score (nSPS) is 27.6. The van der Waals surface area contributed by atoms with E-state index in [9.17, 15) is 104 Å². The fourth-order valence-electron chi connectivity index (χ4n) is 10.9. The molecule has 0 aliphatic carbocycles. The van der Waals surface area contributed by atoms with Crippen LogP contribution in [0.15, 0.2) is 85.9 Å². The lowest BCUT2D eigenvalue weighted by Crippen LogP contribution is -2.43. The number of carbonyl (C=O) groups excluding carboxylic acids is 6. The van der Waals surface area contributed by atoms with E-state index >= 15 is 0 Å². The predicted molar refractivity (Wildman–Crippen MR) is 385 cm³/mol. The van der Waals surface area contributed by atoms with Crippen molar-refractivity contribution in [3.05, 3.63) is 142 Å². The molecule has 51 heteroatoms. The molecule has 0 radical (unpaired) electrons. The van der Waals surface area contributed by atoms with Crippen LogP contribution < -0.4 is 67.1 Å². The van der Waals surface area contributed by atoms with Crippen molar-refractivity contribution < 1.29 is 128 Å². The number of esters is 2. The molecule has 5 fully saturated rings. The molecule has 10 rings (SSSR count). The average molecular weight is 1650 g/mol. The molecule has 0 spiro atoms. The first-order valence-electron chi connectivity index (χ1n) is 34.6. The van der Waals surface area contributed by atoms with Crippen LogP contribution in [0, 0.1) is 27.6 Å². The Morgan fingerprint density at radius 1 is 0.440 bits per heavy atom. The maximum atomic E-state index is 12.5. The fraction of sp³-hybridized carbons (Fsp3) is 0.554. The van der Waals surface area contributed by atoms with Gasteiger partial charge >= 0.3 is 11.9 Å². The smallest absolute Gasteiger partial charge is 0.323 e. The number of ether oxygens (including phenoxy) is 7. The number of aromatic nitrogens is 10. The van der Waals surface area contributed by atoms with Gasteiger partial charge in [0, 0.05) is 74.3 Å². The summed E-state index contributed by atoms with van der Waals surface area (Å²) in [6.45, 7) is 8.81. The van der Waals surface area contributed by atoms with Gasteiger partial charge in [-0.3, -0.25) is 91.8 Å². The number of nitrogens with two attached hydrogens (primary N) is 5. The van der Waals surface area contributed by atoms with Crippen molar-refractivity contribution in [1.29, 1.82) is 16.2 Å². The minimum Gasteiger partial charge on any atom is -0.462 e. The fourth-order valence-corrected chi connectivity index (χ4v) is 10.9. The van der Waals surface area contributed by atoms with Crippen molar-refractivity contribution in [3.8, 4) is 0 Å². The van der Waals surface area contributed by atoms with Crippen molar-refractivity contribution in [2.75, 3.05) is 33.0 Å². The van der Waals surface area contributed by atoms with Gasteiger partial charge in [-0.15, -0.1) is 0 Å². The maximum Gasteiger partial charge on any atom is 0.323 e. The molecule has 22 atom stereocenters. The third-order valence-corrected chi connectivity index (χ3v) is 17.5. The largest absolute Gasteiger partial charge is 0.462 e. The van der Waals surface area contributed by atoms with Crippen LogP contribution in [-0.2, 0) is 52.3 Å². The monoisotopic (exact) mass is 1650 g/mol. The zero-order valence-electron chi connectivity index (χ0n) is 62.6. The first-order chi connectivity index (χ1) is 54.3. The molecule has 5 aliphatic rings. The number of hydrogen-bond donors (Lipinski definition) is 23. The summed E-state index contributed by atoms with van der Waals surface area (Å²) in [4.78, 5) is 148. The van der Waals surface area contributed by atoms with E-state index in [0.717, 1.165) is 35.2 Å². The number of amides is 4. The molecule has 5 aromatic rings. The Morgan fingerprint density at radius 2 is 0.698 bits per heavy atom. The number of primary amides is 2. The molecule has 4 amide bonds. The highest BCUT2D eigenvalue weighted by Crippen LogP contribution is 2.33. The number of amidine groups is 3. The summed E-state index contributed by atoms with van der Waals surface area (Å²) in [7, 11) is 0. The maximum absolute atomic E-state index is 12.5. The second-order valence-electron chi connectivity index (χ2n) is 27.3. The van der Waals surface area contributed by atoms with Crippen LogP contribution in [0.1, 0.15) is 118 Å². The molecule has 0 aromatic carbocycles. The molecule has 20 unspecified atom stereocenters. The Morgan fingerprint density at radius 3 is 0.957 bits per heavy atom. The van der Waals surface area contributed by atoms with Crippen LogP contribution in [0.2, 0.25) is 0 Å². The van der Waals surface area contributed by atoms with E-state index in [0.29, 0.717) is 0 Å². The number of nitrogens with zero attached hydrogens (tertiary/aromatic N) is 10. The lowest BCUT2D eigenvalue weighted by Gasteiger charge is -2.19. The number of hydrogen-bond acceptors (Lipinski definition) is 41. The highest BCUT2D eigenvalue weighted by molar-refractivity contribution is 6.06. The topological polar surface area (TPSA) is 830 Å². The van der Waals surface area contributed by atoms with E-state index < -0.39 is 252 Å². The van der Waals surface area contributed by atoms with Crippen molar-refractivity contribution in [2.45, 2.75) is 183 Å². The molecular weight excluding hydrogens is 1560 g/mol. The van der Waals surface area contributed by atoms with E-state index in [2.05, 4.69) is 35.6 Å². The van der Waals surface area contributed by atoms with Gasteiger partial charge in [0.25, 0.3) is 39.6 Å². The second kappa shape index (κ2) is 40.7. The molecule has 5 aromatic heterocycles. The summed E-state index contributed by atoms with van der Waals surface area (Å²) in [5.41, 5.74) is 19.5. The molecule has 28 N–H and O–H groups in total. The van der Waals surface area contributed by atoms with Crippen LogP contribution in [-0.4, -0.2) is 304 Å². The van der Waals surface area contributed by atoms with Gasteiger partial charge in [0.05, 0.1) is 19.8 Å². The van der Waals surface area contributed by atoms with Crippen molar-refractivity contribution >= 4 is 53.1 Å². The van der Waals surface area contributed by atoms with Gasteiger partial charge in [0.15, 0.2) is 71.3 Å². The molecule has 10 heterocycles. The number of carbonyl (C=O) groups is 6. The molecule has 0 bridgehead atoms. The average Bonchev–Trinajstić information content (AvgIpc) is 1.69. The quantitative estimate of drug-likeness (QED) is 0.0195. The minimum absolute atomic E-state index is 0.141. The number of aliphatic hydroxyl groups is 13. The van der Waals surface area contributed by atoms with Crippen LogP contribution >= 0.6 is 0 Å². The van der Waals surface area contributed by atoms with E-state index in [4.69, 9.17) is 93.4 Å². The van der Waals surface area contributed by atoms with Crippen molar-refractivity contribution in [2.24, 2.45) is 40.0 Å². The summed E-state index contributed by atoms with van der Waals surface area (Å²) >= 11 is 0. The number of aliphatic hydroxyl groups excluding tert-OH is 13. The summed E-state index contributed by atoms with van der Waals surface area (Å²) in [5.74, 6) is -6.06. The van der Waals surface area contributed by atoms with Gasteiger partial charge < -0.3 is 139 Å². The minimum atomic E-state index is -1.50. The molecule has 0 saturated carbocycles. The molecule has 51 nitrogen and oxygen atoms in total. The van der Waals surface area contributed by atoms with Gasteiger partial charge in [-0.2, -0.15) is 0 Å². The molecular formula is C65H92N20O31. The van der Waals surface area contributed by atoms with Crippen molar-refractivity contribution in [3.63, 3.8) is 0 Å². The first-order valence-corrected chi connectivity index (χ1v) is 34.6. The standard InChI is InChI=1S/C15H22N4O7.C15H22N4O6.C13H18N4O7.C12H16N4O6.C10H14N4O5/c1-6(2)8(16)15(24)25-5-7-10(20)11(21)14(26-7)19-4-3-18-9(12(17)22)13(19)23;1-15(2,3)14(24)18-11(16)8-12(23)19(5-4-17-8)13-10(22)9(21)7(6-20)25-13;1-5(14)13(22)23-4-6-8(18)9(19)12(24-6)17-3-2-16-7(10(15)20)11(17)21;1-5(18)15-10(13)7-11(21)16(3-2-14-7)12-9(20)8(19)6(4-17)22-12;11-8(12)5-9(18)14(2-1-13-5)10-7(17)6(16)4(3-15)19-10/h3-4,6-8,10-11,14,20-21H,5,16H2,1-2H3,(H2,17,22);4-5,7,9-10,13,20-22H,6H2,1-3H3,(H2,16,18,24);2-3,5-6,8-9,12,18-19H,4,14H2,1H3,(H2,15,20);2-3,6,8-9,12,17,19-20H,4H2,1H3,(H2,13,15,18);1-2,4,6-7,10,15-17H,3H2,(H3,11,12)/t7?,8-,10?,11?,14?;;5-,6?,8?,9?,12?;;/m0.0../s1. The SMILES string of the molecule is CC(=O)NC(=N)c1nccn(C2OC(CO)C(O)C2O)c1=O.CC(C)(C)C(=O)NC(=N)c1nccn(C2OC(CO)C(O)C2O)c1=O.CC(C)[C@H](N)C(=O)OCC1OC(n2ccnc(C(N)=O)c2=O)C(O)C1O.C[C@H](N)C(=O)OCC1OC(n2ccnc(C(N)=O)c2=O)C(O)C1O.N=C(N)c1nccn(C2OC(CO)C(O)C2O)c1=O. The summed E-state index contributed by atoms with van der Waals surface area (Å²) in [6.07, 6.45) is -13.6. The summed E-state index contributed by atoms with van der Waals surface area (Å²) in [6, 6.07) is -1.69. The Labute approximate surface area is 652 Å². The Hall–Kier alpha value is -10.8. The number of nitrogen functional groups attached to an aromatic ring is 1. The zero-order chi connectivity index (χ0) is 87.1. The highest BCUT2D eigenvalue weighted by Gasteiger charge is 2.49. The van der Waals surface area contributed by atoms with E-state index in [1.807, 2.05) is 0 Å². The van der Waals surface area contributed by atoms with E-state index in [-0.39, 0.29) is 36.2 Å². The second-order valence-corrected chi connectivity index (χ2v) is 27.3. The molecule has 5 aliphatic heterocycles. The van der Waals surface area contributed by atoms with E-state index in [1.165, 1.54) is 63.4 Å². The lowest BCUT2D eigenvalue weighted by atomic mass is 9.95. The Bertz CT molecular complexity index is 4670. The third kappa shape index (κ3) is 22.0. The molecule has 116 heavy (non-hydrogen) atoms. The van der Waals surface area contributed by atoms with Crippen LogP contribution in [0.3, 0.4) is 0 Å². The van der Waals surface area contributed by atoms with Gasteiger partial charge in [-0.1, -0.05) is 34.6 Å². The lowest BCUT2D eigenvalue weighted by molar-refractivity contribution is -0.153. The summed E-state index contributed by atoms with van der Waals surface area (Å²) < 4.78 is 41.1. The summed E-state index contributed by atoms with van der Waals surface area (Å²) in [5, 5.41) is 154. The Kier molecular flexibility index (Phi) is 33.0. The predicted octanol–water partition coefficient (Wildman–Crippen LogP) is -12.9. The van der Waals surface area contributed by atoms with Crippen LogP contribution in [0.5, 0.6) is 0 Å². The number of nitrogens with one attached hydrogen (secondary N) is 5. The first kappa shape index (κ1) is 94.1. The zero-order valence-corrected chi connectivity index (χ0v) is 62.6. The number of rotatable bonds is 20. The van der Waals surface area contributed by atoms with Gasteiger partial charge in [-0.25, -0.2) is 24.9 Å². The highest BCUT2D eigenvalue weighted by atomic mass is 16.6. The van der Waals surface area contributed by atoms with Gasteiger partial charge in [0.1, 0.15) is 123 Å². The van der Waals surface area contributed by atoms with Crippen LogP contribution in [0.25, 0.3) is 0 Å². The van der Waals surface area contributed by atoms with E-state index in [1.54, 1.807) is 34.6 Å². The molecule has 5 saturated heterocycles. The van der Waals surface area contributed by atoms with Crippen LogP contribution in [0.4, 0.5) is 0 Å². The molecule has 638 valence electrons. The third-order valence-electron chi connectivity index (χ3n) is 17.5.